The Kier molecular flexibility index (Phi) is 3.72. The van der Waals surface area contributed by atoms with E-state index in [2.05, 4.69) is 0 Å². The molecule has 5 nitrogen and oxygen atoms in total. The molecule has 4 atom stereocenters. The molecule has 140 valence electrons. The van der Waals surface area contributed by atoms with Crippen LogP contribution in [-0.2, 0) is 20.9 Å². The van der Waals surface area contributed by atoms with Crippen molar-refractivity contribution in [3.63, 3.8) is 0 Å². The van der Waals surface area contributed by atoms with Gasteiger partial charge in [0.15, 0.2) is 5.78 Å². The summed E-state index contributed by atoms with van der Waals surface area (Å²) < 4.78 is 0. The summed E-state index contributed by atoms with van der Waals surface area (Å²) in [7, 11) is 0. The molecule has 0 N–H and O–H groups in total. The molecule has 2 fully saturated rings. The van der Waals surface area contributed by atoms with Crippen molar-refractivity contribution in [2.24, 2.45) is 11.8 Å². The molecule has 0 unspecified atom stereocenters. The maximum absolute atomic E-state index is 13.4. The van der Waals surface area contributed by atoms with Crippen molar-refractivity contribution in [3.8, 4) is 0 Å². The van der Waals surface area contributed by atoms with E-state index in [4.69, 9.17) is 0 Å². The van der Waals surface area contributed by atoms with E-state index < -0.39 is 17.9 Å². The average Bonchev–Trinajstić information content (AvgIpc) is 3.18. The monoisotopic (exact) mass is 372 g/mol. The van der Waals surface area contributed by atoms with Gasteiger partial charge in [0, 0.05) is 6.20 Å². The molecule has 3 aliphatic heterocycles. The summed E-state index contributed by atoms with van der Waals surface area (Å²) in [6.45, 7) is 1.76. The van der Waals surface area contributed by atoms with Gasteiger partial charge in [0.25, 0.3) is 0 Å². The largest absolute Gasteiger partial charge is 0.359 e. The number of rotatable bonds is 3. The molecule has 0 aliphatic carbocycles. The van der Waals surface area contributed by atoms with Crippen LogP contribution in [0.3, 0.4) is 0 Å². The molecule has 2 aromatic rings. The van der Waals surface area contributed by atoms with Gasteiger partial charge < -0.3 is 4.90 Å². The van der Waals surface area contributed by atoms with Gasteiger partial charge in [-0.2, -0.15) is 0 Å². The molecule has 0 radical (unpaired) electrons. The third kappa shape index (κ3) is 2.29. The quantitative estimate of drug-likeness (QED) is 0.778. The van der Waals surface area contributed by atoms with Crippen LogP contribution in [0.1, 0.15) is 29.7 Å². The van der Waals surface area contributed by atoms with Crippen LogP contribution in [0, 0.1) is 11.8 Å². The first kappa shape index (κ1) is 16.9. The van der Waals surface area contributed by atoms with E-state index in [1.165, 1.54) is 11.8 Å². The zero-order valence-corrected chi connectivity index (χ0v) is 15.5. The van der Waals surface area contributed by atoms with Gasteiger partial charge in [-0.05, 0) is 29.7 Å². The number of likely N-dealkylation sites (tertiary alicyclic amines) is 1. The zero-order chi connectivity index (χ0) is 19.4. The molecular weight excluding hydrogens is 352 g/mol. The Morgan fingerprint density at radius 1 is 0.929 bits per heavy atom. The third-order valence-electron chi connectivity index (χ3n) is 6.15. The Hall–Kier alpha value is -3.21. The van der Waals surface area contributed by atoms with Crippen LogP contribution in [-0.4, -0.2) is 33.4 Å². The fourth-order valence-corrected chi connectivity index (χ4v) is 5.01. The fraction of sp³-hybridized carbons (Fsp3) is 0.261. The lowest BCUT2D eigenvalue weighted by atomic mass is 9.84. The highest BCUT2D eigenvalue weighted by molar-refractivity contribution is 6.09. The molecule has 2 amide bonds. The molecule has 0 aromatic heterocycles. The van der Waals surface area contributed by atoms with E-state index in [0.29, 0.717) is 0 Å². The summed E-state index contributed by atoms with van der Waals surface area (Å²) in [5.41, 5.74) is 2.95. The molecule has 3 aliphatic rings. The van der Waals surface area contributed by atoms with Gasteiger partial charge in [0.2, 0.25) is 11.8 Å². The van der Waals surface area contributed by atoms with Crippen LogP contribution in [0.4, 0.5) is 0 Å². The Labute approximate surface area is 163 Å². The smallest absolute Gasteiger partial charge is 0.236 e. The first-order valence-electron chi connectivity index (χ1n) is 9.52. The number of hydrogen-bond donors (Lipinski definition) is 0. The second-order valence-corrected chi connectivity index (χ2v) is 7.69. The highest BCUT2D eigenvalue weighted by atomic mass is 16.2. The second kappa shape index (κ2) is 6.16. The molecular formula is C23H20N2O3. The molecule has 5 heteroatoms. The number of hydrogen-bond acceptors (Lipinski definition) is 4. The molecule has 0 bridgehead atoms. The SMILES string of the molecule is CC(=O)[C@@H]1[C@@H]2C(=O)N(Cc3ccccc3)C(=O)[C@H]2[C@H]2c3ccccc3C=CN12. The minimum absolute atomic E-state index is 0.0794. The Morgan fingerprint density at radius 3 is 2.36 bits per heavy atom. The van der Waals surface area contributed by atoms with Crippen LogP contribution < -0.4 is 0 Å². The number of amides is 2. The van der Waals surface area contributed by atoms with Crippen molar-refractivity contribution in [2.45, 2.75) is 25.6 Å². The Balaban J connectivity index is 1.58. The van der Waals surface area contributed by atoms with Gasteiger partial charge in [-0.1, -0.05) is 54.6 Å². The third-order valence-corrected chi connectivity index (χ3v) is 6.15. The minimum atomic E-state index is -0.630. The van der Waals surface area contributed by atoms with Gasteiger partial charge in [0.05, 0.1) is 30.5 Å². The van der Waals surface area contributed by atoms with E-state index in [-0.39, 0.29) is 30.2 Å². The fourth-order valence-electron chi connectivity index (χ4n) is 5.01. The zero-order valence-electron chi connectivity index (χ0n) is 15.5. The van der Waals surface area contributed by atoms with E-state index in [1.54, 1.807) is 0 Å². The molecule has 5 rings (SSSR count). The normalized spacial score (nSPS) is 27.6. The van der Waals surface area contributed by atoms with E-state index >= 15 is 0 Å². The van der Waals surface area contributed by atoms with Crippen LogP contribution in [0.5, 0.6) is 0 Å². The number of fused-ring (bicyclic) bond motifs is 5. The Morgan fingerprint density at radius 2 is 1.61 bits per heavy atom. The van der Waals surface area contributed by atoms with Crippen molar-refractivity contribution < 1.29 is 14.4 Å². The van der Waals surface area contributed by atoms with Crippen molar-refractivity contribution in [1.29, 1.82) is 0 Å². The molecule has 2 aromatic carbocycles. The maximum Gasteiger partial charge on any atom is 0.236 e. The van der Waals surface area contributed by atoms with Gasteiger partial charge >= 0.3 is 0 Å². The lowest BCUT2D eigenvalue weighted by Gasteiger charge is -2.34. The molecule has 3 heterocycles. The number of carbonyl (C=O) groups is 3. The summed E-state index contributed by atoms with van der Waals surface area (Å²) in [5.74, 6) is -1.66. The number of ketones is 1. The van der Waals surface area contributed by atoms with Gasteiger partial charge in [0.1, 0.15) is 0 Å². The van der Waals surface area contributed by atoms with Gasteiger partial charge in [-0.25, -0.2) is 0 Å². The predicted octanol–water partition coefficient (Wildman–Crippen LogP) is 2.79. The lowest BCUT2D eigenvalue weighted by molar-refractivity contribution is -0.143. The topological polar surface area (TPSA) is 57.7 Å². The van der Waals surface area contributed by atoms with Gasteiger partial charge in [-0.3, -0.25) is 19.3 Å². The van der Waals surface area contributed by atoms with Gasteiger partial charge in [-0.15, -0.1) is 0 Å². The minimum Gasteiger partial charge on any atom is -0.359 e. The maximum atomic E-state index is 13.4. The van der Waals surface area contributed by atoms with Crippen molar-refractivity contribution in [2.75, 3.05) is 0 Å². The van der Waals surface area contributed by atoms with E-state index in [0.717, 1.165) is 16.7 Å². The molecule has 0 saturated carbocycles. The Bertz CT molecular complexity index is 1010. The van der Waals surface area contributed by atoms with Crippen LogP contribution in [0.2, 0.25) is 0 Å². The number of nitrogens with zero attached hydrogens (tertiary/aromatic N) is 2. The van der Waals surface area contributed by atoms with E-state index in [1.807, 2.05) is 71.8 Å². The van der Waals surface area contributed by atoms with Crippen molar-refractivity contribution in [1.82, 2.24) is 9.80 Å². The molecule has 28 heavy (non-hydrogen) atoms. The lowest BCUT2D eigenvalue weighted by Crippen LogP contribution is -2.43. The predicted molar refractivity (Wildman–Crippen MR) is 104 cm³/mol. The highest BCUT2D eigenvalue weighted by Crippen LogP contribution is 2.52. The standard InChI is InChI=1S/C23H20N2O3/c1-14(26)20-18-19(21-17-10-6-5-9-16(17)11-12-24(20)21)23(28)25(22(18)27)13-15-7-3-2-4-8-15/h2-12,18-21H,13H2,1H3/t18-,19-,20-,21-/m1/s1. The molecule has 0 spiro atoms. The first-order chi connectivity index (χ1) is 13.6. The number of carbonyl (C=O) groups excluding carboxylic acids is 3. The number of imide groups is 1. The van der Waals surface area contributed by atoms with Crippen LogP contribution in [0.15, 0.2) is 60.8 Å². The van der Waals surface area contributed by atoms with Crippen molar-refractivity contribution >= 4 is 23.7 Å². The summed E-state index contributed by atoms with van der Waals surface area (Å²) in [6, 6.07) is 16.5. The van der Waals surface area contributed by atoms with Crippen molar-refractivity contribution in [3.05, 3.63) is 77.5 Å². The first-order valence-corrected chi connectivity index (χ1v) is 9.52. The summed E-state index contributed by atoms with van der Waals surface area (Å²) in [6.07, 6.45) is 3.83. The van der Waals surface area contributed by atoms with Crippen LogP contribution in [0.25, 0.3) is 6.08 Å². The number of benzene rings is 2. The summed E-state index contributed by atoms with van der Waals surface area (Å²) >= 11 is 0. The number of Topliss-reactive ketones (excluding diaryl/α,β-unsaturated/α-hetero) is 1. The average molecular weight is 372 g/mol. The van der Waals surface area contributed by atoms with E-state index in [9.17, 15) is 14.4 Å². The second-order valence-electron chi connectivity index (χ2n) is 7.69. The summed E-state index contributed by atoms with van der Waals surface area (Å²) in [5, 5.41) is 0. The summed E-state index contributed by atoms with van der Waals surface area (Å²) in [4.78, 5) is 42.4. The molecule has 2 saturated heterocycles. The highest BCUT2D eigenvalue weighted by Gasteiger charge is 2.63. The van der Waals surface area contributed by atoms with Crippen LogP contribution >= 0.6 is 0 Å².